The summed E-state index contributed by atoms with van der Waals surface area (Å²) in [5, 5.41) is 14.2. The Balaban J connectivity index is 1.36. The molecule has 140 valence electrons. The van der Waals surface area contributed by atoms with Gasteiger partial charge in [0.05, 0.1) is 4.92 Å². The van der Waals surface area contributed by atoms with E-state index in [1.807, 2.05) is 0 Å². The maximum atomic E-state index is 12.4. The first kappa shape index (κ1) is 17.3. The minimum absolute atomic E-state index is 0.116. The molecule has 6 heteroatoms. The zero-order valence-corrected chi connectivity index (χ0v) is 15.1. The van der Waals surface area contributed by atoms with Crippen LogP contribution in [0.5, 0.6) is 5.75 Å². The van der Waals surface area contributed by atoms with Crippen molar-refractivity contribution < 1.29 is 14.5 Å². The molecule has 1 N–H and O–H groups in total. The number of para-hydroxylation sites is 2. The summed E-state index contributed by atoms with van der Waals surface area (Å²) in [6, 6.07) is 6.27. The first-order valence-electron chi connectivity index (χ1n) is 9.61. The Morgan fingerprint density at radius 1 is 1.23 bits per heavy atom. The summed E-state index contributed by atoms with van der Waals surface area (Å²) in [5.74, 6) is 2.44. The van der Waals surface area contributed by atoms with Crippen LogP contribution in [0.1, 0.15) is 45.4 Å². The van der Waals surface area contributed by atoms with Gasteiger partial charge in [-0.1, -0.05) is 12.1 Å². The highest BCUT2D eigenvalue weighted by Crippen LogP contribution is 2.61. The fourth-order valence-corrected chi connectivity index (χ4v) is 6.02. The molecule has 4 aliphatic carbocycles. The van der Waals surface area contributed by atoms with Gasteiger partial charge in [-0.3, -0.25) is 14.9 Å². The molecular formula is C20H26N2O4. The molecule has 1 aromatic carbocycles. The highest BCUT2D eigenvalue weighted by Gasteiger charge is 2.53. The molecule has 0 radical (unpaired) electrons. The van der Waals surface area contributed by atoms with Crippen molar-refractivity contribution in [2.75, 3.05) is 6.61 Å². The lowest BCUT2D eigenvalue weighted by Crippen LogP contribution is -2.56. The minimum Gasteiger partial charge on any atom is -0.477 e. The minimum atomic E-state index is -0.495. The summed E-state index contributed by atoms with van der Waals surface area (Å²) in [6.07, 6.45) is 7.81. The molecule has 4 bridgehead atoms. The standard InChI is InChI=1S/C20H26N2O4/c1-13(20-9-14-6-15(10-20)8-16(7-14)11-20)21-19(23)12-26-18-5-3-2-4-17(18)22(24)25/h2-5,13-16H,6-12H2,1H3,(H,21,23). The molecule has 4 fully saturated rings. The molecule has 0 aliphatic heterocycles. The number of rotatable bonds is 6. The molecule has 4 saturated carbocycles. The number of carbonyl (C=O) groups is 1. The van der Waals surface area contributed by atoms with Gasteiger partial charge in [0.2, 0.25) is 0 Å². The second kappa shape index (κ2) is 6.56. The van der Waals surface area contributed by atoms with E-state index in [1.54, 1.807) is 12.1 Å². The van der Waals surface area contributed by atoms with E-state index < -0.39 is 4.92 Å². The SMILES string of the molecule is CC(NC(=O)COc1ccccc1[N+](=O)[O-])C12CC3CC(CC(C3)C1)C2. The largest absolute Gasteiger partial charge is 0.477 e. The Morgan fingerprint density at radius 3 is 2.38 bits per heavy atom. The first-order valence-corrected chi connectivity index (χ1v) is 9.61. The second-order valence-corrected chi connectivity index (χ2v) is 8.58. The van der Waals surface area contributed by atoms with Gasteiger partial charge in [-0.25, -0.2) is 0 Å². The quantitative estimate of drug-likeness (QED) is 0.621. The highest BCUT2D eigenvalue weighted by atomic mass is 16.6. The third-order valence-electron chi connectivity index (χ3n) is 6.80. The van der Waals surface area contributed by atoms with Crippen LogP contribution in [0.2, 0.25) is 0 Å². The number of nitro benzene ring substituents is 1. The number of hydrogen-bond acceptors (Lipinski definition) is 4. The van der Waals surface area contributed by atoms with E-state index >= 15 is 0 Å². The number of benzene rings is 1. The van der Waals surface area contributed by atoms with E-state index in [1.165, 1.54) is 50.7 Å². The summed E-state index contributed by atoms with van der Waals surface area (Å²) in [7, 11) is 0. The zero-order chi connectivity index (χ0) is 18.3. The van der Waals surface area contributed by atoms with Crippen molar-refractivity contribution in [1.82, 2.24) is 5.32 Å². The lowest BCUT2D eigenvalue weighted by molar-refractivity contribution is -0.385. The lowest BCUT2D eigenvalue weighted by Gasteiger charge is -2.59. The average Bonchev–Trinajstić information content (AvgIpc) is 2.59. The van der Waals surface area contributed by atoms with Crippen LogP contribution in [0.3, 0.4) is 0 Å². The summed E-state index contributed by atoms with van der Waals surface area (Å²) < 4.78 is 5.43. The van der Waals surface area contributed by atoms with Gasteiger partial charge < -0.3 is 10.1 Å². The Bertz CT molecular complexity index is 682. The van der Waals surface area contributed by atoms with Gasteiger partial charge in [-0.2, -0.15) is 0 Å². The molecule has 5 rings (SSSR count). The fourth-order valence-electron chi connectivity index (χ4n) is 6.02. The number of nitrogens with zero attached hydrogens (tertiary/aromatic N) is 1. The van der Waals surface area contributed by atoms with Crippen molar-refractivity contribution in [3.8, 4) is 5.75 Å². The number of nitrogens with one attached hydrogen (secondary N) is 1. The van der Waals surface area contributed by atoms with Crippen molar-refractivity contribution in [2.24, 2.45) is 23.2 Å². The maximum Gasteiger partial charge on any atom is 0.310 e. The summed E-state index contributed by atoms with van der Waals surface area (Å²) in [4.78, 5) is 22.9. The van der Waals surface area contributed by atoms with E-state index in [2.05, 4.69) is 12.2 Å². The average molecular weight is 358 g/mol. The van der Waals surface area contributed by atoms with Gasteiger partial charge in [0.25, 0.3) is 5.91 Å². The zero-order valence-electron chi connectivity index (χ0n) is 15.1. The first-order chi connectivity index (χ1) is 12.4. The van der Waals surface area contributed by atoms with Crippen LogP contribution in [0.4, 0.5) is 5.69 Å². The van der Waals surface area contributed by atoms with Crippen molar-refractivity contribution in [1.29, 1.82) is 0 Å². The van der Waals surface area contributed by atoms with Crippen LogP contribution in [-0.2, 0) is 4.79 Å². The number of hydrogen-bond donors (Lipinski definition) is 1. The van der Waals surface area contributed by atoms with Gasteiger partial charge in [-0.15, -0.1) is 0 Å². The van der Waals surface area contributed by atoms with E-state index in [9.17, 15) is 14.9 Å². The molecule has 1 amide bonds. The van der Waals surface area contributed by atoms with E-state index in [0.29, 0.717) is 0 Å². The van der Waals surface area contributed by atoms with Crippen molar-refractivity contribution >= 4 is 11.6 Å². The Morgan fingerprint density at radius 2 is 1.81 bits per heavy atom. The molecule has 0 spiro atoms. The van der Waals surface area contributed by atoms with E-state index in [4.69, 9.17) is 4.74 Å². The van der Waals surface area contributed by atoms with E-state index in [0.717, 1.165) is 17.8 Å². The van der Waals surface area contributed by atoms with Gasteiger partial charge in [0.15, 0.2) is 12.4 Å². The smallest absolute Gasteiger partial charge is 0.310 e. The van der Waals surface area contributed by atoms with Crippen molar-refractivity contribution in [3.63, 3.8) is 0 Å². The molecule has 1 unspecified atom stereocenters. The highest BCUT2D eigenvalue weighted by molar-refractivity contribution is 5.78. The van der Waals surface area contributed by atoms with Crippen LogP contribution in [0, 0.1) is 33.3 Å². The van der Waals surface area contributed by atoms with E-state index in [-0.39, 0.29) is 35.4 Å². The summed E-state index contributed by atoms with van der Waals surface area (Å²) >= 11 is 0. The fraction of sp³-hybridized carbons (Fsp3) is 0.650. The Kier molecular flexibility index (Phi) is 4.37. The van der Waals surface area contributed by atoms with Gasteiger partial charge >= 0.3 is 5.69 Å². The molecule has 6 nitrogen and oxygen atoms in total. The third kappa shape index (κ3) is 3.17. The number of nitro groups is 1. The summed E-state index contributed by atoms with van der Waals surface area (Å²) in [5.41, 5.74) is 0.123. The van der Waals surface area contributed by atoms with Gasteiger partial charge in [0, 0.05) is 12.1 Å². The van der Waals surface area contributed by atoms with Crippen LogP contribution in [0.15, 0.2) is 24.3 Å². The predicted octanol–water partition coefficient (Wildman–Crippen LogP) is 3.69. The van der Waals surface area contributed by atoms with Crippen molar-refractivity contribution in [3.05, 3.63) is 34.4 Å². The third-order valence-corrected chi connectivity index (χ3v) is 6.80. The molecule has 0 heterocycles. The predicted molar refractivity (Wildman–Crippen MR) is 96.8 cm³/mol. The van der Waals surface area contributed by atoms with Crippen LogP contribution >= 0.6 is 0 Å². The molecule has 4 aliphatic rings. The van der Waals surface area contributed by atoms with Crippen LogP contribution < -0.4 is 10.1 Å². The topological polar surface area (TPSA) is 81.5 Å². The molecule has 1 atom stereocenters. The molecule has 26 heavy (non-hydrogen) atoms. The number of ether oxygens (including phenoxy) is 1. The van der Waals surface area contributed by atoms with Crippen molar-refractivity contribution in [2.45, 2.75) is 51.5 Å². The maximum absolute atomic E-state index is 12.4. The van der Waals surface area contributed by atoms with Gasteiger partial charge in [-0.05, 0) is 74.7 Å². The molecule has 0 aromatic heterocycles. The number of amides is 1. The molecular weight excluding hydrogens is 332 g/mol. The van der Waals surface area contributed by atoms with Gasteiger partial charge in [0.1, 0.15) is 0 Å². The normalized spacial score (nSPS) is 32.9. The van der Waals surface area contributed by atoms with Crippen LogP contribution in [0.25, 0.3) is 0 Å². The summed E-state index contributed by atoms with van der Waals surface area (Å²) in [6.45, 7) is 1.93. The Hall–Kier alpha value is -2.11. The second-order valence-electron chi connectivity index (χ2n) is 8.58. The number of carbonyl (C=O) groups excluding carboxylic acids is 1. The molecule has 1 aromatic rings. The molecule has 0 saturated heterocycles. The Labute approximate surface area is 153 Å². The lowest BCUT2D eigenvalue weighted by atomic mass is 9.48. The monoisotopic (exact) mass is 358 g/mol. The van der Waals surface area contributed by atoms with Crippen LogP contribution in [-0.4, -0.2) is 23.5 Å².